The molecular formula is C16H31NO2. The second-order valence-corrected chi connectivity index (χ2v) is 7.85. The molecule has 2 aliphatic carbocycles. The van der Waals surface area contributed by atoms with E-state index < -0.39 is 6.10 Å². The van der Waals surface area contributed by atoms with Crippen LogP contribution < -0.4 is 5.32 Å². The van der Waals surface area contributed by atoms with E-state index in [4.69, 9.17) is 4.74 Å². The van der Waals surface area contributed by atoms with E-state index in [2.05, 4.69) is 39.9 Å². The summed E-state index contributed by atoms with van der Waals surface area (Å²) in [7, 11) is 0. The molecule has 0 aliphatic heterocycles. The maximum absolute atomic E-state index is 10.00. The van der Waals surface area contributed by atoms with E-state index in [0.717, 1.165) is 5.92 Å². The van der Waals surface area contributed by atoms with Crippen LogP contribution in [-0.4, -0.2) is 36.5 Å². The number of rotatable bonds is 6. The Morgan fingerprint density at radius 2 is 2.00 bits per heavy atom. The van der Waals surface area contributed by atoms with Gasteiger partial charge in [-0.2, -0.15) is 0 Å². The topological polar surface area (TPSA) is 41.5 Å². The minimum Gasteiger partial charge on any atom is -0.389 e. The quantitative estimate of drug-likeness (QED) is 0.779. The lowest BCUT2D eigenvalue weighted by molar-refractivity contribution is -0.110. The normalized spacial score (nSPS) is 38.1. The van der Waals surface area contributed by atoms with Crippen LogP contribution in [0.2, 0.25) is 0 Å². The Hall–Kier alpha value is -0.120. The summed E-state index contributed by atoms with van der Waals surface area (Å²) < 4.78 is 6.16. The van der Waals surface area contributed by atoms with Crippen molar-refractivity contribution in [3.63, 3.8) is 0 Å². The zero-order valence-corrected chi connectivity index (χ0v) is 13.2. The number of aliphatic hydroxyl groups is 1. The van der Waals surface area contributed by atoms with Crippen LogP contribution in [0.1, 0.15) is 53.9 Å². The highest BCUT2D eigenvalue weighted by Crippen LogP contribution is 2.63. The van der Waals surface area contributed by atoms with E-state index >= 15 is 0 Å². The van der Waals surface area contributed by atoms with Gasteiger partial charge in [-0.1, -0.05) is 34.6 Å². The van der Waals surface area contributed by atoms with Gasteiger partial charge >= 0.3 is 0 Å². The molecule has 4 atom stereocenters. The molecule has 0 amide bonds. The standard InChI is InChI=1S/C16H31NO2/c1-11(2)17-9-13(18)10-19-14-15(3,4)12-6-7-16(14,5)8-12/h11-14,17-18H,6-10H2,1-5H3/t12-,13-,14+,16-/m0/s1. The molecule has 0 aromatic carbocycles. The smallest absolute Gasteiger partial charge is 0.0897 e. The third kappa shape index (κ3) is 2.98. The van der Waals surface area contributed by atoms with Gasteiger partial charge in [0, 0.05) is 12.6 Å². The van der Waals surface area contributed by atoms with E-state index in [1.807, 2.05) is 0 Å². The van der Waals surface area contributed by atoms with Gasteiger partial charge in [0.25, 0.3) is 0 Å². The summed E-state index contributed by atoms with van der Waals surface area (Å²) in [5.41, 5.74) is 0.595. The molecule has 0 saturated heterocycles. The molecule has 2 aliphatic rings. The van der Waals surface area contributed by atoms with E-state index in [1.54, 1.807) is 0 Å². The van der Waals surface area contributed by atoms with E-state index in [-0.39, 0.29) is 5.41 Å². The third-order valence-corrected chi connectivity index (χ3v) is 5.35. The second kappa shape index (κ2) is 5.34. The first kappa shape index (κ1) is 15.3. The summed E-state index contributed by atoms with van der Waals surface area (Å²) in [6, 6.07) is 0.408. The predicted molar refractivity (Wildman–Crippen MR) is 78.1 cm³/mol. The van der Waals surface area contributed by atoms with Crippen molar-refractivity contribution in [2.45, 2.75) is 72.1 Å². The molecule has 0 aromatic rings. The SMILES string of the molecule is CC(C)NC[C@H](O)CO[C@@H]1C(C)(C)[C@H]2CC[C@@]1(C)C2. The molecule has 0 radical (unpaired) electrons. The van der Waals surface area contributed by atoms with Gasteiger partial charge in [-0.05, 0) is 36.0 Å². The molecule has 2 bridgehead atoms. The van der Waals surface area contributed by atoms with Crippen LogP contribution in [-0.2, 0) is 4.74 Å². The number of hydrogen-bond donors (Lipinski definition) is 2. The lowest BCUT2D eigenvalue weighted by Gasteiger charge is -2.42. The molecule has 3 heteroatoms. The number of hydrogen-bond acceptors (Lipinski definition) is 3. The lowest BCUT2D eigenvalue weighted by atomic mass is 9.70. The van der Waals surface area contributed by atoms with Gasteiger partial charge in [-0.25, -0.2) is 0 Å². The van der Waals surface area contributed by atoms with Gasteiger partial charge in [0.1, 0.15) is 0 Å². The molecule has 0 unspecified atom stereocenters. The predicted octanol–water partition coefficient (Wildman–Crippen LogP) is 2.58. The van der Waals surface area contributed by atoms with E-state index in [9.17, 15) is 5.11 Å². The van der Waals surface area contributed by atoms with Gasteiger partial charge in [0.15, 0.2) is 0 Å². The summed E-state index contributed by atoms with van der Waals surface area (Å²) >= 11 is 0. The average molecular weight is 269 g/mol. The molecule has 112 valence electrons. The van der Waals surface area contributed by atoms with Crippen molar-refractivity contribution >= 4 is 0 Å². The van der Waals surface area contributed by atoms with Crippen LogP contribution in [0, 0.1) is 16.7 Å². The van der Waals surface area contributed by atoms with Gasteiger partial charge in [0.05, 0.1) is 18.8 Å². The second-order valence-electron chi connectivity index (χ2n) is 7.85. The average Bonchev–Trinajstić information content (AvgIpc) is 2.77. The Bertz CT molecular complexity index is 311. The Balaban J connectivity index is 1.85. The molecule has 2 fully saturated rings. The van der Waals surface area contributed by atoms with Gasteiger partial charge in [-0.15, -0.1) is 0 Å². The van der Waals surface area contributed by atoms with Crippen LogP contribution in [0.3, 0.4) is 0 Å². The van der Waals surface area contributed by atoms with Crippen molar-refractivity contribution in [3.05, 3.63) is 0 Å². The fraction of sp³-hybridized carbons (Fsp3) is 1.00. The van der Waals surface area contributed by atoms with Crippen LogP contribution >= 0.6 is 0 Å². The zero-order chi connectivity index (χ0) is 14.3. The maximum atomic E-state index is 10.00. The summed E-state index contributed by atoms with van der Waals surface area (Å²) in [5.74, 6) is 0.799. The minimum absolute atomic E-state index is 0.262. The number of fused-ring (bicyclic) bond motifs is 2. The number of ether oxygens (including phenoxy) is 1. The van der Waals surface area contributed by atoms with E-state index in [0.29, 0.717) is 30.7 Å². The van der Waals surface area contributed by atoms with Crippen molar-refractivity contribution in [1.82, 2.24) is 5.32 Å². The molecule has 2 rings (SSSR count). The Kier molecular flexibility index (Phi) is 4.29. The highest BCUT2D eigenvalue weighted by atomic mass is 16.5. The maximum Gasteiger partial charge on any atom is 0.0897 e. The lowest BCUT2D eigenvalue weighted by Crippen LogP contribution is -2.44. The first-order chi connectivity index (χ1) is 8.75. The third-order valence-electron chi connectivity index (χ3n) is 5.35. The van der Waals surface area contributed by atoms with Gasteiger partial charge in [0.2, 0.25) is 0 Å². The van der Waals surface area contributed by atoms with Crippen molar-refractivity contribution in [1.29, 1.82) is 0 Å². The Morgan fingerprint density at radius 3 is 2.53 bits per heavy atom. The largest absolute Gasteiger partial charge is 0.389 e. The summed E-state index contributed by atoms with van der Waals surface area (Å²) in [5, 5.41) is 13.3. The van der Waals surface area contributed by atoms with Crippen LogP contribution in [0.15, 0.2) is 0 Å². The first-order valence-electron chi connectivity index (χ1n) is 7.79. The minimum atomic E-state index is -0.402. The van der Waals surface area contributed by atoms with E-state index in [1.165, 1.54) is 19.3 Å². The molecule has 0 heterocycles. The fourth-order valence-electron chi connectivity index (χ4n) is 4.31. The van der Waals surface area contributed by atoms with Crippen molar-refractivity contribution in [2.24, 2.45) is 16.7 Å². The zero-order valence-electron chi connectivity index (χ0n) is 13.2. The molecular weight excluding hydrogens is 238 g/mol. The van der Waals surface area contributed by atoms with Gasteiger partial charge in [-0.3, -0.25) is 0 Å². The number of aliphatic hydroxyl groups excluding tert-OH is 1. The van der Waals surface area contributed by atoms with Crippen molar-refractivity contribution in [2.75, 3.05) is 13.2 Å². The van der Waals surface area contributed by atoms with Crippen LogP contribution in [0.5, 0.6) is 0 Å². The summed E-state index contributed by atoms with van der Waals surface area (Å²) in [4.78, 5) is 0. The number of nitrogens with one attached hydrogen (secondary N) is 1. The summed E-state index contributed by atoms with van der Waals surface area (Å²) in [6.07, 6.45) is 3.83. The molecule has 3 nitrogen and oxygen atoms in total. The van der Waals surface area contributed by atoms with Crippen molar-refractivity contribution < 1.29 is 9.84 Å². The van der Waals surface area contributed by atoms with Crippen molar-refractivity contribution in [3.8, 4) is 0 Å². The molecule has 19 heavy (non-hydrogen) atoms. The molecule has 0 aromatic heterocycles. The molecule has 2 saturated carbocycles. The fourth-order valence-corrected chi connectivity index (χ4v) is 4.31. The molecule has 2 N–H and O–H groups in total. The van der Waals surface area contributed by atoms with Crippen LogP contribution in [0.4, 0.5) is 0 Å². The summed E-state index contributed by atoms with van der Waals surface area (Å²) in [6.45, 7) is 12.3. The Morgan fingerprint density at radius 1 is 1.32 bits per heavy atom. The highest BCUT2D eigenvalue weighted by Gasteiger charge is 2.60. The van der Waals surface area contributed by atoms with Gasteiger partial charge < -0.3 is 15.2 Å². The molecule has 0 spiro atoms. The first-order valence-corrected chi connectivity index (χ1v) is 7.79. The highest BCUT2D eigenvalue weighted by molar-refractivity contribution is 5.09. The monoisotopic (exact) mass is 269 g/mol. The van der Waals surface area contributed by atoms with Crippen LogP contribution in [0.25, 0.3) is 0 Å². The Labute approximate surface area is 118 Å².